The van der Waals surface area contributed by atoms with Gasteiger partial charge in [0.15, 0.2) is 0 Å². The summed E-state index contributed by atoms with van der Waals surface area (Å²) in [5, 5.41) is 8.13. The summed E-state index contributed by atoms with van der Waals surface area (Å²) in [6.07, 6.45) is 2.75. The number of hydrogen-bond acceptors (Lipinski definition) is 2. The third-order valence-electron chi connectivity index (χ3n) is 2.56. The van der Waals surface area contributed by atoms with Gasteiger partial charge in [0.2, 0.25) is 0 Å². The molecule has 0 atom stereocenters. The van der Waals surface area contributed by atoms with Crippen LogP contribution in [0.5, 0.6) is 0 Å². The molecule has 2 heteroatoms. The Morgan fingerprint density at radius 3 is 2.85 bits per heavy atom. The van der Waals surface area contributed by atoms with Crippen molar-refractivity contribution >= 4 is 11.3 Å². The molecular formula is C11H17NS. The molecule has 0 saturated heterocycles. The Morgan fingerprint density at radius 1 is 1.46 bits per heavy atom. The van der Waals surface area contributed by atoms with Gasteiger partial charge in [-0.15, -0.1) is 0 Å². The summed E-state index contributed by atoms with van der Waals surface area (Å²) in [6.45, 7) is 5.60. The van der Waals surface area contributed by atoms with Crippen molar-refractivity contribution in [1.82, 2.24) is 5.32 Å². The van der Waals surface area contributed by atoms with E-state index in [4.69, 9.17) is 0 Å². The minimum Gasteiger partial charge on any atom is -0.310 e. The highest BCUT2D eigenvalue weighted by molar-refractivity contribution is 7.08. The average molecular weight is 195 g/mol. The molecule has 1 saturated carbocycles. The molecule has 1 aromatic rings. The Labute approximate surface area is 84.2 Å². The Morgan fingerprint density at radius 2 is 2.23 bits per heavy atom. The monoisotopic (exact) mass is 195 g/mol. The van der Waals surface area contributed by atoms with Crippen LogP contribution in [0.4, 0.5) is 0 Å². The van der Waals surface area contributed by atoms with Crippen molar-refractivity contribution in [2.45, 2.75) is 45.2 Å². The summed E-state index contributed by atoms with van der Waals surface area (Å²) in [6, 6.07) is 0.819. The molecule has 1 nitrogen and oxygen atoms in total. The molecule has 1 aliphatic carbocycles. The number of nitrogens with one attached hydrogen (secondary N) is 1. The number of hydrogen-bond donors (Lipinski definition) is 1. The van der Waals surface area contributed by atoms with Crippen LogP contribution in [0.1, 0.15) is 43.7 Å². The topological polar surface area (TPSA) is 12.0 Å². The van der Waals surface area contributed by atoms with Crippen LogP contribution in [-0.2, 0) is 6.54 Å². The Bertz CT molecular complexity index is 273. The molecule has 0 aliphatic heterocycles. The van der Waals surface area contributed by atoms with Crippen LogP contribution in [0.15, 0.2) is 10.8 Å². The maximum absolute atomic E-state index is 3.56. The van der Waals surface area contributed by atoms with Crippen molar-refractivity contribution in [3.05, 3.63) is 21.9 Å². The lowest BCUT2D eigenvalue weighted by Crippen LogP contribution is -2.15. The Hall–Kier alpha value is -0.340. The van der Waals surface area contributed by atoms with Gasteiger partial charge in [-0.05, 0) is 40.6 Å². The Kier molecular flexibility index (Phi) is 2.70. The molecular weight excluding hydrogens is 178 g/mol. The van der Waals surface area contributed by atoms with Crippen LogP contribution in [0.25, 0.3) is 0 Å². The summed E-state index contributed by atoms with van der Waals surface area (Å²) in [7, 11) is 0. The van der Waals surface area contributed by atoms with Crippen molar-refractivity contribution in [2.24, 2.45) is 0 Å². The van der Waals surface area contributed by atoms with Gasteiger partial charge in [0.25, 0.3) is 0 Å². The SMILES string of the molecule is CC(C)c1cscc1CNC1CC1. The van der Waals surface area contributed by atoms with Crippen molar-refractivity contribution in [3.8, 4) is 0 Å². The lowest BCUT2D eigenvalue weighted by Gasteiger charge is -2.07. The summed E-state index contributed by atoms with van der Waals surface area (Å²) in [5.74, 6) is 0.669. The second-order valence-electron chi connectivity index (χ2n) is 4.16. The maximum atomic E-state index is 3.56. The van der Waals surface area contributed by atoms with Gasteiger partial charge in [-0.3, -0.25) is 0 Å². The van der Waals surface area contributed by atoms with Gasteiger partial charge in [-0.2, -0.15) is 11.3 Å². The molecule has 1 aromatic heterocycles. The summed E-state index contributed by atoms with van der Waals surface area (Å²) in [4.78, 5) is 0. The molecule has 1 heterocycles. The lowest BCUT2D eigenvalue weighted by atomic mass is 10.0. The highest BCUT2D eigenvalue weighted by atomic mass is 32.1. The molecule has 0 amide bonds. The third-order valence-corrected chi connectivity index (χ3v) is 3.37. The van der Waals surface area contributed by atoms with Crippen molar-refractivity contribution < 1.29 is 0 Å². The molecule has 0 radical (unpaired) electrons. The summed E-state index contributed by atoms with van der Waals surface area (Å²) in [5.41, 5.74) is 3.03. The number of rotatable bonds is 4. The standard InChI is InChI=1S/C11H17NS/c1-8(2)11-7-13-6-9(11)5-12-10-3-4-10/h6-8,10,12H,3-5H2,1-2H3. The fraction of sp³-hybridized carbons (Fsp3) is 0.636. The van der Waals surface area contributed by atoms with Gasteiger partial charge in [-0.25, -0.2) is 0 Å². The molecule has 0 spiro atoms. The molecule has 13 heavy (non-hydrogen) atoms. The minimum atomic E-state index is 0.669. The largest absolute Gasteiger partial charge is 0.310 e. The summed E-state index contributed by atoms with van der Waals surface area (Å²) >= 11 is 1.83. The quantitative estimate of drug-likeness (QED) is 0.778. The highest BCUT2D eigenvalue weighted by Crippen LogP contribution is 2.25. The molecule has 2 rings (SSSR count). The predicted molar refractivity (Wildman–Crippen MR) is 58.3 cm³/mol. The normalized spacial score (nSPS) is 16.8. The van der Waals surface area contributed by atoms with Gasteiger partial charge in [0.1, 0.15) is 0 Å². The van der Waals surface area contributed by atoms with Gasteiger partial charge < -0.3 is 5.32 Å². The average Bonchev–Trinajstić information content (AvgIpc) is 2.79. The van der Waals surface area contributed by atoms with E-state index in [1.165, 1.54) is 24.0 Å². The minimum absolute atomic E-state index is 0.669. The van der Waals surface area contributed by atoms with E-state index in [1.807, 2.05) is 11.3 Å². The second-order valence-corrected chi connectivity index (χ2v) is 4.91. The van der Waals surface area contributed by atoms with E-state index in [0.717, 1.165) is 12.6 Å². The highest BCUT2D eigenvalue weighted by Gasteiger charge is 2.20. The predicted octanol–water partition coefficient (Wildman–Crippen LogP) is 3.12. The van der Waals surface area contributed by atoms with Gasteiger partial charge in [0.05, 0.1) is 0 Å². The molecule has 0 unspecified atom stereocenters. The van der Waals surface area contributed by atoms with Crippen LogP contribution in [0.3, 0.4) is 0 Å². The van der Waals surface area contributed by atoms with E-state index in [-0.39, 0.29) is 0 Å². The van der Waals surface area contributed by atoms with E-state index in [1.54, 1.807) is 0 Å². The zero-order chi connectivity index (χ0) is 9.26. The van der Waals surface area contributed by atoms with Crippen LogP contribution < -0.4 is 5.32 Å². The third kappa shape index (κ3) is 2.32. The maximum Gasteiger partial charge on any atom is 0.0219 e. The van der Waals surface area contributed by atoms with E-state index < -0.39 is 0 Å². The van der Waals surface area contributed by atoms with E-state index >= 15 is 0 Å². The lowest BCUT2D eigenvalue weighted by molar-refractivity contribution is 0.679. The van der Waals surface area contributed by atoms with Crippen molar-refractivity contribution in [2.75, 3.05) is 0 Å². The van der Waals surface area contributed by atoms with Crippen molar-refractivity contribution in [3.63, 3.8) is 0 Å². The van der Waals surface area contributed by atoms with Crippen molar-refractivity contribution in [1.29, 1.82) is 0 Å². The molecule has 1 fully saturated rings. The first kappa shape index (κ1) is 9.22. The first-order chi connectivity index (χ1) is 6.27. The van der Waals surface area contributed by atoms with E-state index in [0.29, 0.717) is 5.92 Å². The van der Waals surface area contributed by atoms with Gasteiger partial charge in [-0.1, -0.05) is 13.8 Å². The molecule has 72 valence electrons. The van der Waals surface area contributed by atoms with E-state index in [9.17, 15) is 0 Å². The molecule has 0 aromatic carbocycles. The summed E-state index contributed by atoms with van der Waals surface area (Å²) < 4.78 is 0. The number of thiophene rings is 1. The fourth-order valence-corrected chi connectivity index (χ4v) is 2.55. The zero-order valence-corrected chi connectivity index (χ0v) is 9.16. The zero-order valence-electron chi connectivity index (χ0n) is 8.34. The van der Waals surface area contributed by atoms with Crippen LogP contribution >= 0.6 is 11.3 Å². The fourth-order valence-electron chi connectivity index (χ4n) is 1.53. The Balaban J connectivity index is 1.96. The first-order valence-electron chi connectivity index (χ1n) is 5.05. The van der Waals surface area contributed by atoms with Crippen LogP contribution in [-0.4, -0.2) is 6.04 Å². The van der Waals surface area contributed by atoms with Gasteiger partial charge in [0, 0.05) is 12.6 Å². The smallest absolute Gasteiger partial charge is 0.0219 e. The second kappa shape index (κ2) is 3.81. The van der Waals surface area contributed by atoms with Gasteiger partial charge >= 0.3 is 0 Å². The van der Waals surface area contributed by atoms with E-state index in [2.05, 4.69) is 29.9 Å². The molecule has 1 N–H and O–H groups in total. The molecule has 0 bridgehead atoms. The molecule has 1 aliphatic rings. The van der Waals surface area contributed by atoms with Crippen LogP contribution in [0.2, 0.25) is 0 Å². The van der Waals surface area contributed by atoms with Crippen LogP contribution in [0, 0.1) is 0 Å². The first-order valence-corrected chi connectivity index (χ1v) is 6.00.